The van der Waals surface area contributed by atoms with E-state index < -0.39 is 0 Å². The van der Waals surface area contributed by atoms with Gasteiger partial charge in [-0.2, -0.15) is 0 Å². The van der Waals surface area contributed by atoms with Gasteiger partial charge in [0, 0.05) is 36.0 Å². The van der Waals surface area contributed by atoms with Gasteiger partial charge < -0.3 is 4.90 Å². The van der Waals surface area contributed by atoms with Gasteiger partial charge in [-0.05, 0) is 55.7 Å². The summed E-state index contributed by atoms with van der Waals surface area (Å²) in [6, 6.07) is 12.2. The Bertz CT molecular complexity index is 949. The predicted molar refractivity (Wildman–Crippen MR) is 125 cm³/mol. The third-order valence-corrected chi connectivity index (χ3v) is 5.68. The van der Waals surface area contributed by atoms with Gasteiger partial charge in [-0.25, -0.2) is 9.98 Å². The number of thiazole rings is 1. The molecule has 2 aromatic carbocycles. The van der Waals surface area contributed by atoms with E-state index in [1.807, 2.05) is 37.7 Å². The lowest BCUT2D eigenvalue weighted by atomic mass is 10.0. The summed E-state index contributed by atoms with van der Waals surface area (Å²) in [7, 11) is 2.03. The van der Waals surface area contributed by atoms with Gasteiger partial charge in [0.25, 0.3) is 0 Å². The zero-order chi connectivity index (χ0) is 19.4. The lowest BCUT2D eigenvalue weighted by molar-refractivity contribution is 0.552. The Balaban J connectivity index is 0.00000280. The minimum Gasteiger partial charge on any atom is -0.366 e. The maximum Gasteiger partial charge on any atom is 0.0976 e. The molecular weight excluding hydrogens is 409 g/mol. The van der Waals surface area contributed by atoms with Gasteiger partial charge in [-0.1, -0.05) is 29.8 Å². The van der Waals surface area contributed by atoms with Crippen LogP contribution in [0.5, 0.6) is 0 Å². The largest absolute Gasteiger partial charge is 0.366 e. The number of halogens is 2. The summed E-state index contributed by atoms with van der Waals surface area (Å²) < 4.78 is 0. The van der Waals surface area contributed by atoms with Crippen LogP contribution >= 0.6 is 35.3 Å². The highest BCUT2D eigenvalue weighted by molar-refractivity contribution is 7.10. The fourth-order valence-electron chi connectivity index (χ4n) is 2.74. The lowest BCUT2D eigenvalue weighted by Gasteiger charge is -2.11. The van der Waals surface area contributed by atoms with E-state index in [2.05, 4.69) is 48.2 Å². The van der Waals surface area contributed by atoms with E-state index in [4.69, 9.17) is 16.6 Å². The minimum absolute atomic E-state index is 0. The molecule has 0 fully saturated rings. The quantitative estimate of drug-likeness (QED) is 0.319. The number of benzene rings is 2. The van der Waals surface area contributed by atoms with Crippen LogP contribution in [0.15, 0.2) is 46.8 Å². The summed E-state index contributed by atoms with van der Waals surface area (Å²) in [5.74, 6) is 0. The van der Waals surface area contributed by atoms with E-state index in [-0.39, 0.29) is 12.4 Å². The maximum absolute atomic E-state index is 5.97. The van der Waals surface area contributed by atoms with Crippen molar-refractivity contribution in [1.29, 1.82) is 0 Å². The Morgan fingerprint density at radius 3 is 2.54 bits per heavy atom. The van der Waals surface area contributed by atoms with Crippen LogP contribution in [0.25, 0.3) is 11.3 Å². The topological polar surface area (TPSA) is 28.5 Å². The molecule has 1 aromatic heterocycles. The Labute approximate surface area is 182 Å². The second-order valence-electron chi connectivity index (χ2n) is 6.69. The third-order valence-electron chi connectivity index (χ3n) is 4.58. The highest BCUT2D eigenvalue weighted by Gasteiger charge is 2.09. The lowest BCUT2D eigenvalue weighted by Crippen LogP contribution is -2.14. The molecule has 0 saturated heterocycles. The summed E-state index contributed by atoms with van der Waals surface area (Å²) in [6.07, 6.45) is 2.73. The van der Waals surface area contributed by atoms with Gasteiger partial charge >= 0.3 is 0 Å². The fraction of sp³-hybridized carbons (Fsp3) is 0.273. The van der Waals surface area contributed by atoms with E-state index in [1.165, 1.54) is 16.7 Å². The van der Waals surface area contributed by atoms with Gasteiger partial charge in [0.2, 0.25) is 0 Å². The number of rotatable bonds is 6. The molecule has 1 heterocycles. The molecule has 0 aliphatic carbocycles. The van der Waals surface area contributed by atoms with E-state index in [1.54, 1.807) is 11.3 Å². The zero-order valence-electron chi connectivity index (χ0n) is 16.6. The molecule has 28 heavy (non-hydrogen) atoms. The Morgan fingerprint density at radius 1 is 1.14 bits per heavy atom. The molecule has 6 heteroatoms. The molecule has 0 radical (unpaired) electrons. The van der Waals surface area contributed by atoms with Crippen LogP contribution in [0.2, 0.25) is 5.02 Å². The first-order valence-electron chi connectivity index (χ1n) is 9.01. The summed E-state index contributed by atoms with van der Waals surface area (Å²) in [5, 5.41) is 3.97. The number of aliphatic imine (C=N–C) groups is 1. The summed E-state index contributed by atoms with van der Waals surface area (Å²) in [4.78, 5) is 11.5. The van der Waals surface area contributed by atoms with Crippen LogP contribution in [0, 0.1) is 13.8 Å². The minimum atomic E-state index is 0. The molecule has 0 amide bonds. The molecule has 0 atom stereocenters. The third kappa shape index (κ3) is 5.57. The van der Waals surface area contributed by atoms with E-state index in [0.717, 1.165) is 39.9 Å². The molecule has 0 saturated carbocycles. The number of hydrogen-bond acceptors (Lipinski definition) is 3. The van der Waals surface area contributed by atoms with Crippen molar-refractivity contribution < 1.29 is 0 Å². The Kier molecular flexibility index (Phi) is 8.05. The van der Waals surface area contributed by atoms with E-state index >= 15 is 0 Å². The molecule has 0 spiro atoms. The van der Waals surface area contributed by atoms with Gasteiger partial charge in [0.15, 0.2) is 0 Å². The number of hydrogen-bond donors (Lipinski definition) is 0. The van der Waals surface area contributed by atoms with Crippen molar-refractivity contribution in [2.24, 2.45) is 4.99 Å². The molecule has 3 aromatic rings. The van der Waals surface area contributed by atoms with Crippen molar-refractivity contribution in [3.05, 3.63) is 68.5 Å². The van der Waals surface area contributed by atoms with Crippen LogP contribution in [-0.2, 0) is 6.42 Å². The average Bonchev–Trinajstić information content (AvgIpc) is 3.12. The summed E-state index contributed by atoms with van der Waals surface area (Å²) in [5.41, 5.74) is 6.86. The molecule has 148 valence electrons. The molecule has 0 aliphatic rings. The molecule has 0 N–H and O–H groups in total. The standard InChI is InChI=1S/C22H24ClN3S.ClH/c1-5-26(4)14-24-20-11-15(2)18(10-16(20)3)12-22-25-21(13-27-22)17-6-8-19(23)9-7-17;/h6-11,13-14H,5,12H2,1-4H3;1H. The van der Waals surface area contributed by atoms with Crippen molar-refractivity contribution in [3.63, 3.8) is 0 Å². The monoisotopic (exact) mass is 433 g/mol. The van der Waals surface area contributed by atoms with Gasteiger partial charge in [0.05, 0.1) is 22.7 Å². The van der Waals surface area contributed by atoms with Crippen LogP contribution < -0.4 is 0 Å². The van der Waals surface area contributed by atoms with Crippen molar-refractivity contribution in [2.75, 3.05) is 13.6 Å². The van der Waals surface area contributed by atoms with Gasteiger partial charge in [0.1, 0.15) is 0 Å². The molecule has 0 unspecified atom stereocenters. The smallest absolute Gasteiger partial charge is 0.0976 e. The van der Waals surface area contributed by atoms with Crippen LogP contribution in [0.1, 0.15) is 28.6 Å². The Hall–Kier alpha value is -1.88. The molecule has 0 bridgehead atoms. The molecular formula is C22H25Cl2N3S. The summed E-state index contributed by atoms with van der Waals surface area (Å²) in [6.45, 7) is 7.31. The fourth-order valence-corrected chi connectivity index (χ4v) is 3.69. The number of aromatic nitrogens is 1. The van der Waals surface area contributed by atoms with Crippen molar-refractivity contribution in [2.45, 2.75) is 27.2 Å². The van der Waals surface area contributed by atoms with Crippen LogP contribution in [0.4, 0.5) is 5.69 Å². The van der Waals surface area contributed by atoms with Crippen molar-refractivity contribution in [1.82, 2.24) is 9.88 Å². The van der Waals surface area contributed by atoms with Gasteiger partial charge in [-0.3, -0.25) is 0 Å². The van der Waals surface area contributed by atoms with Crippen LogP contribution in [0.3, 0.4) is 0 Å². The second-order valence-corrected chi connectivity index (χ2v) is 8.07. The van der Waals surface area contributed by atoms with Gasteiger partial charge in [-0.15, -0.1) is 23.7 Å². The predicted octanol–water partition coefficient (Wildman–Crippen LogP) is 6.70. The van der Waals surface area contributed by atoms with Crippen molar-refractivity contribution >= 4 is 47.4 Å². The Morgan fingerprint density at radius 2 is 1.86 bits per heavy atom. The number of aryl methyl sites for hydroxylation is 2. The molecule has 3 rings (SSSR count). The first-order valence-corrected chi connectivity index (χ1v) is 10.3. The van der Waals surface area contributed by atoms with Crippen molar-refractivity contribution in [3.8, 4) is 11.3 Å². The average molecular weight is 434 g/mol. The normalized spacial score (nSPS) is 10.9. The van der Waals surface area contributed by atoms with E-state index in [9.17, 15) is 0 Å². The van der Waals surface area contributed by atoms with Crippen LogP contribution in [-0.4, -0.2) is 29.8 Å². The first-order chi connectivity index (χ1) is 13.0. The molecule has 0 aliphatic heterocycles. The summed E-state index contributed by atoms with van der Waals surface area (Å²) >= 11 is 7.67. The molecule has 3 nitrogen and oxygen atoms in total. The first kappa shape index (κ1) is 22.4. The maximum atomic E-state index is 5.97. The highest BCUT2D eigenvalue weighted by Crippen LogP contribution is 2.28. The number of nitrogens with zero attached hydrogens (tertiary/aromatic N) is 3. The zero-order valence-corrected chi connectivity index (χ0v) is 19.0. The highest BCUT2D eigenvalue weighted by atomic mass is 35.5. The second kappa shape index (κ2) is 10.1. The SMILES string of the molecule is CCN(C)C=Nc1cc(C)c(Cc2nc(-c3ccc(Cl)cc3)cs2)cc1C.Cl. The van der Waals surface area contributed by atoms with E-state index in [0.29, 0.717) is 0 Å².